The van der Waals surface area contributed by atoms with E-state index >= 15 is 0 Å². The maximum atomic E-state index is 4.52. The van der Waals surface area contributed by atoms with Crippen LogP contribution in [0.3, 0.4) is 0 Å². The van der Waals surface area contributed by atoms with Gasteiger partial charge in [0.05, 0.1) is 0 Å². The lowest BCUT2D eigenvalue weighted by molar-refractivity contribution is 1.70. The molecule has 0 radical (unpaired) electrons. The Hall–Kier alpha value is 0.234. The molecule has 0 aliphatic rings. The molecule has 0 aromatic rings. The van der Waals surface area contributed by atoms with Crippen LogP contribution in [0.5, 0.6) is 0 Å². The molecule has 0 rings (SSSR count). The first-order valence-electron chi connectivity index (χ1n) is 2.64. The summed E-state index contributed by atoms with van der Waals surface area (Å²) in [7, 11) is -0.806. The Morgan fingerprint density at radius 1 is 1.29 bits per heavy atom. The summed E-state index contributed by atoms with van der Waals surface area (Å²) in [5.41, 5.74) is 0. The summed E-state index contributed by atoms with van der Waals surface area (Å²) in [5.74, 6) is 0. The van der Waals surface area contributed by atoms with Gasteiger partial charge in [-0.2, -0.15) is 0 Å². The zero-order valence-corrected chi connectivity index (χ0v) is 7.68. The SMILES string of the molecule is C[Si](C)=N[SiH](C)C. The topological polar surface area (TPSA) is 12.4 Å². The van der Waals surface area contributed by atoms with Crippen LogP contribution in [-0.2, 0) is 0 Å². The molecule has 0 amide bonds. The lowest BCUT2D eigenvalue weighted by Crippen LogP contribution is -1.98. The zero-order valence-electron chi connectivity index (χ0n) is 5.52. The van der Waals surface area contributed by atoms with Gasteiger partial charge in [0.1, 0.15) is 17.5 Å². The summed E-state index contributed by atoms with van der Waals surface area (Å²) in [6, 6.07) is 0. The molecule has 0 N–H and O–H groups in total. The fourth-order valence-electron chi connectivity index (χ4n) is 0.516. The van der Waals surface area contributed by atoms with E-state index in [1.54, 1.807) is 0 Å². The van der Waals surface area contributed by atoms with Crippen LogP contribution in [-0.4, -0.2) is 17.5 Å². The first-order valence-corrected chi connectivity index (χ1v) is 7.91. The molecule has 0 saturated carbocycles. The predicted octanol–water partition coefficient (Wildman–Crippen LogP) is 1.49. The van der Waals surface area contributed by atoms with Crippen molar-refractivity contribution in [3.63, 3.8) is 0 Å². The third kappa shape index (κ3) is 6.23. The normalized spacial score (nSPS) is 9.29. The maximum absolute atomic E-state index is 4.52. The highest BCUT2D eigenvalue weighted by atomic mass is 28.3. The lowest BCUT2D eigenvalue weighted by Gasteiger charge is -1.91. The Morgan fingerprint density at radius 2 is 1.71 bits per heavy atom. The molecule has 0 saturated heterocycles. The first-order chi connectivity index (χ1) is 3.13. The smallest absolute Gasteiger partial charge is 0.145 e. The number of nitrogens with zero attached hydrogens (tertiary/aromatic N) is 1. The van der Waals surface area contributed by atoms with Crippen molar-refractivity contribution in [1.29, 1.82) is 0 Å². The molecular formula is C4H13NSi2. The van der Waals surface area contributed by atoms with Crippen molar-refractivity contribution in [1.82, 2.24) is 0 Å². The van der Waals surface area contributed by atoms with Crippen molar-refractivity contribution in [2.75, 3.05) is 0 Å². The average molecular weight is 131 g/mol. The molecule has 0 spiro atoms. The largest absolute Gasteiger partial charge is 0.371 e. The molecule has 7 heavy (non-hydrogen) atoms. The Balaban J connectivity index is 3.45. The molecule has 0 atom stereocenters. The maximum Gasteiger partial charge on any atom is 0.145 e. The summed E-state index contributed by atoms with van der Waals surface area (Å²) in [6.45, 7) is 8.99. The third-order valence-corrected chi connectivity index (χ3v) is 4.65. The molecule has 0 aromatic carbocycles. The van der Waals surface area contributed by atoms with Crippen molar-refractivity contribution < 1.29 is 0 Å². The Bertz CT molecular complexity index is 73.8. The van der Waals surface area contributed by atoms with Crippen LogP contribution >= 0.6 is 0 Å². The van der Waals surface area contributed by atoms with E-state index in [1.165, 1.54) is 0 Å². The van der Waals surface area contributed by atoms with E-state index in [1.807, 2.05) is 0 Å². The zero-order chi connectivity index (χ0) is 5.86. The predicted molar refractivity (Wildman–Crippen MR) is 38.8 cm³/mol. The summed E-state index contributed by atoms with van der Waals surface area (Å²) >= 11 is 0. The monoisotopic (exact) mass is 131 g/mol. The second-order valence-electron chi connectivity index (χ2n) is 2.17. The summed E-state index contributed by atoms with van der Waals surface area (Å²) in [4.78, 5) is 0. The van der Waals surface area contributed by atoms with E-state index in [9.17, 15) is 0 Å². The Kier molecular flexibility index (Phi) is 3.37. The van der Waals surface area contributed by atoms with Crippen LogP contribution in [0.2, 0.25) is 26.2 Å². The van der Waals surface area contributed by atoms with Gasteiger partial charge in [-0.05, 0) is 13.1 Å². The highest BCUT2D eigenvalue weighted by Gasteiger charge is 1.86. The van der Waals surface area contributed by atoms with Crippen LogP contribution in [0.1, 0.15) is 0 Å². The number of rotatable bonds is 1. The van der Waals surface area contributed by atoms with Gasteiger partial charge in [0, 0.05) is 0 Å². The molecule has 0 aliphatic carbocycles. The average Bonchev–Trinajstić information content (AvgIpc) is 1.27. The third-order valence-electron chi connectivity index (χ3n) is 0.516. The standard InChI is InChI=1S/C4H13NSi2/c1-6(2)5-7(3)4/h6H,1-4H3. The molecule has 0 bridgehead atoms. The fourth-order valence-corrected chi connectivity index (χ4v) is 4.65. The molecule has 42 valence electrons. The van der Waals surface area contributed by atoms with E-state index in [2.05, 4.69) is 30.5 Å². The first kappa shape index (κ1) is 7.23. The van der Waals surface area contributed by atoms with E-state index in [0.717, 1.165) is 0 Å². The minimum Gasteiger partial charge on any atom is -0.371 e. The van der Waals surface area contributed by atoms with E-state index in [0.29, 0.717) is 0 Å². The summed E-state index contributed by atoms with van der Waals surface area (Å²) in [5, 5.41) is 0. The minimum atomic E-state index is -0.558. The highest BCUT2D eigenvalue weighted by molar-refractivity contribution is 6.62. The van der Waals surface area contributed by atoms with E-state index in [4.69, 9.17) is 0 Å². The second kappa shape index (κ2) is 3.26. The van der Waals surface area contributed by atoms with Crippen molar-refractivity contribution in [3.8, 4) is 0 Å². The van der Waals surface area contributed by atoms with Crippen molar-refractivity contribution in [2.45, 2.75) is 26.2 Å². The Morgan fingerprint density at radius 3 is 1.71 bits per heavy atom. The van der Waals surface area contributed by atoms with Crippen molar-refractivity contribution in [3.05, 3.63) is 0 Å². The van der Waals surface area contributed by atoms with Gasteiger partial charge in [-0.1, -0.05) is 13.1 Å². The molecule has 0 heterocycles. The van der Waals surface area contributed by atoms with Crippen LogP contribution in [0.25, 0.3) is 0 Å². The van der Waals surface area contributed by atoms with Gasteiger partial charge >= 0.3 is 0 Å². The molecule has 0 fully saturated rings. The van der Waals surface area contributed by atoms with Gasteiger partial charge in [-0.15, -0.1) is 0 Å². The molecule has 3 heteroatoms. The van der Waals surface area contributed by atoms with Gasteiger partial charge in [-0.25, -0.2) is 0 Å². The van der Waals surface area contributed by atoms with Crippen molar-refractivity contribution in [2.24, 2.45) is 4.30 Å². The number of hydrogen-bond donors (Lipinski definition) is 0. The van der Waals surface area contributed by atoms with Gasteiger partial charge in [0.25, 0.3) is 0 Å². The van der Waals surface area contributed by atoms with Crippen LogP contribution in [0.4, 0.5) is 0 Å². The van der Waals surface area contributed by atoms with Crippen molar-refractivity contribution >= 4 is 17.5 Å². The molecular weight excluding hydrogens is 118 g/mol. The quantitative estimate of drug-likeness (QED) is 0.478. The van der Waals surface area contributed by atoms with Gasteiger partial charge in [0.15, 0.2) is 0 Å². The second-order valence-corrected chi connectivity index (χ2v) is 7.28. The van der Waals surface area contributed by atoms with Crippen LogP contribution in [0, 0.1) is 0 Å². The number of hydrogen-bond acceptors (Lipinski definition) is 1. The van der Waals surface area contributed by atoms with Crippen LogP contribution in [0.15, 0.2) is 4.30 Å². The van der Waals surface area contributed by atoms with E-state index < -0.39 is 8.96 Å². The molecule has 0 aliphatic heterocycles. The Labute approximate surface area is 48.8 Å². The van der Waals surface area contributed by atoms with Gasteiger partial charge in [-0.3, -0.25) is 0 Å². The lowest BCUT2D eigenvalue weighted by atomic mass is 11.9. The van der Waals surface area contributed by atoms with E-state index in [-0.39, 0.29) is 8.59 Å². The van der Waals surface area contributed by atoms with Gasteiger partial charge in [0.2, 0.25) is 0 Å². The summed E-state index contributed by atoms with van der Waals surface area (Å²) < 4.78 is 4.52. The fraction of sp³-hybridized carbons (Fsp3) is 1.00. The molecule has 0 unspecified atom stereocenters. The highest BCUT2D eigenvalue weighted by Crippen LogP contribution is 1.81. The molecule has 1 nitrogen and oxygen atoms in total. The molecule has 0 aromatic heterocycles. The van der Waals surface area contributed by atoms with Crippen LogP contribution < -0.4 is 0 Å². The minimum absolute atomic E-state index is 0.247. The van der Waals surface area contributed by atoms with Gasteiger partial charge < -0.3 is 4.30 Å². The summed E-state index contributed by atoms with van der Waals surface area (Å²) in [6.07, 6.45) is 0.